The molecular weight excluding hydrogens is 289 g/mol. The third-order valence-electron chi connectivity index (χ3n) is 2.43. The molecule has 0 atom stereocenters. The van der Waals surface area contributed by atoms with Gasteiger partial charge in [0.05, 0.1) is 19.0 Å². The average molecular weight is 299 g/mol. The first kappa shape index (κ1) is 14.0. The van der Waals surface area contributed by atoms with Crippen LogP contribution in [-0.2, 0) is 14.8 Å². The smallest absolute Gasteiger partial charge is 0.343 e. The predicted molar refractivity (Wildman–Crippen MR) is 67.1 cm³/mol. The van der Waals surface area contributed by atoms with Crippen molar-refractivity contribution in [3.8, 4) is 0 Å². The van der Waals surface area contributed by atoms with Gasteiger partial charge in [-0.05, 0) is 12.1 Å². The summed E-state index contributed by atoms with van der Waals surface area (Å²) in [5.41, 5.74) is -0.694. The molecule has 0 fully saturated rings. The minimum atomic E-state index is -3.97. The van der Waals surface area contributed by atoms with Crippen LogP contribution >= 0.6 is 0 Å². The van der Waals surface area contributed by atoms with Gasteiger partial charge in [-0.3, -0.25) is 9.82 Å². The average Bonchev–Trinajstić information content (AvgIpc) is 2.92. The standard InChI is InChI=1S/C11H10FN3O4S/c1-19-11(16)10-8(12)3-2-4-9(10)15-20(17,18)7-5-13-14-6-7/h2-6,15H,1H3,(H,13,14). The Balaban J connectivity index is 2.45. The second kappa shape index (κ2) is 5.29. The van der Waals surface area contributed by atoms with E-state index in [2.05, 4.69) is 19.7 Å². The van der Waals surface area contributed by atoms with E-state index in [4.69, 9.17) is 0 Å². The van der Waals surface area contributed by atoms with Gasteiger partial charge in [-0.15, -0.1) is 0 Å². The Morgan fingerprint density at radius 1 is 1.45 bits per heavy atom. The molecule has 20 heavy (non-hydrogen) atoms. The Kier molecular flexibility index (Phi) is 3.70. The van der Waals surface area contributed by atoms with Gasteiger partial charge >= 0.3 is 5.97 Å². The minimum absolute atomic E-state index is 0.141. The van der Waals surface area contributed by atoms with Crippen LogP contribution in [0.3, 0.4) is 0 Å². The zero-order chi connectivity index (χ0) is 14.8. The number of aromatic amines is 1. The molecule has 1 aromatic carbocycles. The van der Waals surface area contributed by atoms with Crippen LogP contribution in [0.25, 0.3) is 0 Å². The minimum Gasteiger partial charge on any atom is -0.465 e. The molecule has 1 heterocycles. The monoisotopic (exact) mass is 299 g/mol. The van der Waals surface area contributed by atoms with E-state index in [1.54, 1.807) is 0 Å². The lowest BCUT2D eigenvalue weighted by Gasteiger charge is -2.10. The second-order valence-corrected chi connectivity index (χ2v) is 5.38. The van der Waals surface area contributed by atoms with Crippen molar-refractivity contribution in [2.24, 2.45) is 0 Å². The maximum Gasteiger partial charge on any atom is 0.343 e. The predicted octanol–water partition coefficient (Wildman–Crippen LogP) is 1.14. The lowest BCUT2D eigenvalue weighted by Crippen LogP contribution is -2.16. The number of ether oxygens (including phenoxy) is 1. The Labute approximate surface area is 113 Å². The third-order valence-corrected chi connectivity index (χ3v) is 3.76. The SMILES string of the molecule is COC(=O)c1c(F)cccc1NS(=O)(=O)c1cn[nH]c1. The van der Waals surface area contributed by atoms with Gasteiger partial charge in [0.25, 0.3) is 10.0 Å². The number of halogens is 1. The Bertz CT molecular complexity index is 728. The van der Waals surface area contributed by atoms with Crippen molar-refractivity contribution in [1.82, 2.24) is 10.2 Å². The van der Waals surface area contributed by atoms with E-state index in [0.717, 1.165) is 25.6 Å². The highest BCUT2D eigenvalue weighted by molar-refractivity contribution is 7.92. The van der Waals surface area contributed by atoms with Crippen molar-refractivity contribution < 1.29 is 22.3 Å². The van der Waals surface area contributed by atoms with Crippen LogP contribution in [0.5, 0.6) is 0 Å². The van der Waals surface area contributed by atoms with E-state index in [9.17, 15) is 17.6 Å². The van der Waals surface area contributed by atoms with E-state index in [1.165, 1.54) is 12.1 Å². The van der Waals surface area contributed by atoms with Gasteiger partial charge in [-0.1, -0.05) is 6.07 Å². The molecule has 106 valence electrons. The maximum atomic E-state index is 13.7. The molecule has 0 aliphatic heterocycles. The van der Waals surface area contributed by atoms with E-state index < -0.39 is 27.4 Å². The third kappa shape index (κ3) is 2.62. The topological polar surface area (TPSA) is 101 Å². The van der Waals surface area contributed by atoms with E-state index in [1.807, 2.05) is 0 Å². The number of anilines is 1. The molecule has 0 saturated heterocycles. The zero-order valence-electron chi connectivity index (χ0n) is 10.3. The summed E-state index contributed by atoms with van der Waals surface area (Å²) >= 11 is 0. The largest absolute Gasteiger partial charge is 0.465 e. The highest BCUT2D eigenvalue weighted by atomic mass is 32.2. The summed E-state index contributed by atoms with van der Waals surface area (Å²) < 4.78 is 44.2. The highest BCUT2D eigenvalue weighted by Crippen LogP contribution is 2.23. The van der Waals surface area contributed by atoms with Crippen LogP contribution in [0, 0.1) is 5.82 Å². The van der Waals surface area contributed by atoms with Crippen LogP contribution in [0.15, 0.2) is 35.5 Å². The number of sulfonamides is 1. The maximum absolute atomic E-state index is 13.7. The van der Waals surface area contributed by atoms with Gasteiger partial charge in [-0.2, -0.15) is 5.10 Å². The fourth-order valence-electron chi connectivity index (χ4n) is 1.51. The van der Waals surface area contributed by atoms with Crippen LogP contribution < -0.4 is 4.72 Å². The number of hydrogen-bond donors (Lipinski definition) is 2. The normalized spacial score (nSPS) is 11.1. The van der Waals surface area contributed by atoms with Crippen molar-refractivity contribution in [2.75, 3.05) is 11.8 Å². The Morgan fingerprint density at radius 3 is 2.80 bits per heavy atom. The molecule has 0 bridgehead atoms. The summed E-state index contributed by atoms with van der Waals surface area (Å²) in [4.78, 5) is 11.4. The quantitative estimate of drug-likeness (QED) is 0.824. The number of aromatic nitrogens is 2. The molecule has 0 saturated carbocycles. The molecule has 7 nitrogen and oxygen atoms in total. The summed E-state index contributed by atoms with van der Waals surface area (Å²) in [5.74, 6) is -1.86. The molecule has 0 aliphatic carbocycles. The number of carbonyl (C=O) groups excluding carboxylic acids is 1. The van der Waals surface area contributed by atoms with Crippen LogP contribution in [0.4, 0.5) is 10.1 Å². The zero-order valence-corrected chi connectivity index (χ0v) is 11.1. The summed E-state index contributed by atoms with van der Waals surface area (Å²) in [6.07, 6.45) is 2.24. The molecule has 2 rings (SSSR count). The van der Waals surface area contributed by atoms with Crippen LogP contribution in [0.2, 0.25) is 0 Å². The van der Waals surface area contributed by atoms with Crippen molar-refractivity contribution in [3.63, 3.8) is 0 Å². The number of H-pyrrole nitrogens is 1. The first-order valence-corrected chi connectivity index (χ1v) is 6.82. The molecule has 0 aliphatic rings. The molecule has 0 unspecified atom stereocenters. The number of esters is 1. The number of carbonyl (C=O) groups is 1. The lowest BCUT2D eigenvalue weighted by molar-refractivity contribution is 0.0597. The van der Waals surface area contributed by atoms with Gasteiger partial charge in [0.1, 0.15) is 16.3 Å². The van der Waals surface area contributed by atoms with Crippen molar-refractivity contribution in [1.29, 1.82) is 0 Å². The fourth-order valence-corrected chi connectivity index (χ4v) is 2.49. The summed E-state index contributed by atoms with van der Waals surface area (Å²) in [7, 11) is -2.90. The first-order valence-electron chi connectivity index (χ1n) is 5.34. The molecule has 0 amide bonds. The van der Waals surface area contributed by atoms with Crippen molar-refractivity contribution in [2.45, 2.75) is 4.90 Å². The van der Waals surface area contributed by atoms with Crippen molar-refractivity contribution >= 4 is 21.7 Å². The van der Waals surface area contributed by atoms with Gasteiger partial charge in [0, 0.05) is 6.20 Å². The number of hydrogen-bond acceptors (Lipinski definition) is 5. The van der Waals surface area contributed by atoms with E-state index in [-0.39, 0.29) is 10.6 Å². The highest BCUT2D eigenvalue weighted by Gasteiger charge is 2.22. The van der Waals surface area contributed by atoms with Crippen molar-refractivity contribution in [3.05, 3.63) is 42.0 Å². The number of nitrogens with one attached hydrogen (secondary N) is 2. The summed E-state index contributed by atoms with van der Waals surface area (Å²) in [5, 5.41) is 5.86. The number of rotatable bonds is 4. The first-order chi connectivity index (χ1) is 9.45. The Hall–Kier alpha value is -2.42. The Morgan fingerprint density at radius 2 is 2.20 bits per heavy atom. The molecule has 2 aromatic rings. The van der Waals surface area contributed by atoms with Gasteiger partial charge in [0.15, 0.2) is 0 Å². The molecule has 0 spiro atoms. The van der Waals surface area contributed by atoms with Gasteiger partial charge in [-0.25, -0.2) is 17.6 Å². The van der Waals surface area contributed by atoms with Gasteiger partial charge in [0.2, 0.25) is 0 Å². The van der Waals surface area contributed by atoms with E-state index >= 15 is 0 Å². The van der Waals surface area contributed by atoms with Crippen LogP contribution in [-0.4, -0.2) is 31.7 Å². The van der Waals surface area contributed by atoms with Crippen LogP contribution in [0.1, 0.15) is 10.4 Å². The van der Waals surface area contributed by atoms with Gasteiger partial charge < -0.3 is 4.74 Å². The van der Waals surface area contributed by atoms with E-state index in [0.29, 0.717) is 0 Å². The second-order valence-electron chi connectivity index (χ2n) is 3.69. The number of nitrogens with zero attached hydrogens (tertiary/aromatic N) is 1. The molecule has 2 N–H and O–H groups in total. The number of benzene rings is 1. The summed E-state index contributed by atoms with van der Waals surface area (Å²) in [6.45, 7) is 0. The molecule has 9 heteroatoms. The fraction of sp³-hybridized carbons (Fsp3) is 0.0909. The molecular formula is C11H10FN3O4S. The molecule has 0 radical (unpaired) electrons. The number of methoxy groups -OCH3 is 1. The lowest BCUT2D eigenvalue weighted by atomic mass is 10.2. The summed E-state index contributed by atoms with van der Waals surface area (Å²) in [6, 6.07) is 3.56. The molecule has 1 aromatic heterocycles.